The predicted octanol–water partition coefficient (Wildman–Crippen LogP) is 1.47. The Balaban J connectivity index is 2.36. The standard InChI is InChI=1S/C9H8N4O2/c1-5-7(10)13-8(6-3-2-4-14-6)12-15-9(13)11-5/h2-4H,10H2,1H3. The van der Waals surface area contributed by atoms with E-state index in [4.69, 9.17) is 14.7 Å². The Morgan fingerprint density at radius 3 is 3.07 bits per heavy atom. The van der Waals surface area contributed by atoms with Crippen molar-refractivity contribution in [2.75, 3.05) is 5.73 Å². The van der Waals surface area contributed by atoms with E-state index >= 15 is 0 Å². The van der Waals surface area contributed by atoms with Crippen molar-refractivity contribution in [1.82, 2.24) is 14.5 Å². The third-order valence-corrected chi connectivity index (χ3v) is 2.23. The molecule has 0 bridgehead atoms. The Hall–Kier alpha value is -2.24. The van der Waals surface area contributed by atoms with Crippen molar-refractivity contribution in [2.45, 2.75) is 6.92 Å². The molecule has 0 fully saturated rings. The maximum atomic E-state index is 5.85. The highest BCUT2D eigenvalue weighted by Crippen LogP contribution is 2.24. The molecular weight excluding hydrogens is 196 g/mol. The third kappa shape index (κ3) is 0.983. The number of nitrogen functional groups attached to an aromatic ring is 1. The van der Waals surface area contributed by atoms with E-state index in [1.165, 1.54) is 0 Å². The second-order valence-electron chi connectivity index (χ2n) is 3.18. The Kier molecular flexibility index (Phi) is 1.42. The topological polar surface area (TPSA) is 82.5 Å². The molecule has 3 rings (SSSR count). The van der Waals surface area contributed by atoms with E-state index in [2.05, 4.69) is 10.1 Å². The first-order valence-corrected chi connectivity index (χ1v) is 4.41. The molecule has 0 saturated heterocycles. The molecule has 0 aliphatic rings. The Morgan fingerprint density at radius 2 is 2.33 bits per heavy atom. The van der Waals surface area contributed by atoms with E-state index < -0.39 is 0 Å². The number of furan rings is 1. The zero-order chi connectivity index (χ0) is 10.4. The molecule has 0 saturated carbocycles. The van der Waals surface area contributed by atoms with Gasteiger partial charge < -0.3 is 14.7 Å². The SMILES string of the molecule is Cc1nc2onc(-c3ccco3)n2c1N. The normalized spacial score (nSPS) is 11.3. The molecule has 0 radical (unpaired) electrons. The average molecular weight is 204 g/mol. The van der Waals surface area contributed by atoms with Gasteiger partial charge in [0.2, 0.25) is 5.82 Å². The average Bonchev–Trinajstić information content (AvgIpc) is 2.86. The van der Waals surface area contributed by atoms with Crippen LogP contribution in [0.25, 0.3) is 17.4 Å². The van der Waals surface area contributed by atoms with E-state index in [-0.39, 0.29) is 0 Å². The number of aromatic nitrogens is 3. The van der Waals surface area contributed by atoms with Crippen molar-refractivity contribution in [1.29, 1.82) is 0 Å². The molecule has 3 aromatic rings. The van der Waals surface area contributed by atoms with Crippen molar-refractivity contribution in [3.63, 3.8) is 0 Å². The molecule has 0 aliphatic heterocycles. The van der Waals surface area contributed by atoms with Gasteiger partial charge in [0, 0.05) is 0 Å². The van der Waals surface area contributed by atoms with Crippen LogP contribution in [-0.2, 0) is 0 Å². The van der Waals surface area contributed by atoms with Crippen molar-refractivity contribution in [3.8, 4) is 11.6 Å². The molecular formula is C9H8N4O2. The molecule has 15 heavy (non-hydrogen) atoms. The molecule has 0 atom stereocenters. The molecule has 3 aromatic heterocycles. The van der Waals surface area contributed by atoms with Crippen LogP contribution in [0.2, 0.25) is 0 Å². The molecule has 76 valence electrons. The highest BCUT2D eigenvalue weighted by atomic mass is 16.5. The van der Waals surface area contributed by atoms with Crippen LogP contribution in [0, 0.1) is 6.92 Å². The lowest BCUT2D eigenvalue weighted by Gasteiger charge is -1.93. The van der Waals surface area contributed by atoms with E-state index in [0.717, 1.165) is 0 Å². The summed E-state index contributed by atoms with van der Waals surface area (Å²) in [6.07, 6.45) is 1.57. The second kappa shape index (κ2) is 2.63. The van der Waals surface area contributed by atoms with Crippen LogP contribution >= 0.6 is 0 Å². The summed E-state index contributed by atoms with van der Waals surface area (Å²) < 4.78 is 11.9. The quantitative estimate of drug-likeness (QED) is 0.649. The molecule has 0 aromatic carbocycles. The second-order valence-corrected chi connectivity index (χ2v) is 3.18. The molecule has 0 unspecified atom stereocenters. The van der Waals surface area contributed by atoms with Gasteiger partial charge in [-0.1, -0.05) is 5.16 Å². The minimum atomic E-state index is 0.372. The lowest BCUT2D eigenvalue weighted by molar-refractivity contribution is 0.446. The van der Waals surface area contributed by atoms with Gasteiger partial charge in [-0.3, -0.25) is 0 Å². The summed E-state index contributed by atoms with van der Waals surface area (Å²) in [5.41, 5.74) is 6.56. The number of hydrogen-bond acceptors (Lipinski definition) is 5. The fourth-order valence-electron chi connectivity index (χ4n) is 1.47. The molecule has 0 amide bonds. The molecule has 2 N–H and O–H groups in total. The lowest BCUT2D eigenvalue weighted by atomic mass is 10.4. The Bertz CT molecular complexity index is 605. The third-order valence-electron chi connectivity index (χ3n) is 2.23. The highest BCUT2D eigenvalue weighted by Gasteiger charge is 2.17. The number of rotatable bonds is 1. The highest BCUT2D eigenvalue weighted by molar-refractivity contribution is 5.57. The van der Waals surface area contributed by atoms with Gasteiger partial charge in [-0.25, -0.2) is 4.40 Å². The monoisotopic (exact) mass is 204 g/mol. The summed E-state index contributed by atoms with van der Waals surface area (Å²) in [6, 6.07) is 3.56. The van der Waals surface area contributed by atoms with Gasteiger partial charge in [0.15, 0.2) is 5.76 Å². The minimum Gasteiger partial charge on any atom is -0.461 e. The number of aryl methyl sites for hydroxylation is 1. The summed E-state index contributed by atoms with van der Waals surface area (Å²) in [4.78, 5) is 4.11. The predicted molar refractivity (Wildman–Crippen MR) is 52.1 cm³/mol. The zero-order valence-electron chi connectivity index (χ0n) is 7.97. The first-order chi connectivity index (χ1) is 7.27. The van der Waals surface area contributed by atoms with E-state index in [1.54, 1.807) is 22.8 Å². The van der Waals surface area contributed by atoms with Crippen LogP contribution in [0.3, 0.4) is 0 Å². The van der Waals surface area contributed by atoms with Crippen molar-refractivity contribution < 1.29 is 8.94 Å². The maximum Gasteiger partial charge on any atom is 0.334 e. The fraction of sp³-hybridized carbons (Fsp3) is 0.111. The van der Waals surface area contributed by atoms with Crippen LogP contribution in [0.5, 0.6) is 0 Å². The summed E-state index contributed by atoms with van der Waals surface area (Å²) in [7, 11) is 0. The van der Waals surface area contributed by atoms with E-state index in [1.807, 2.05) is 6.92 Å². The number of nitrogens with zero attached hydrogens (tertiary/aromatic N) is 3. The molecule has 0 aliphatic carbocycles. The van der Waals surface area contributed by atoms with Gasteiger partial charge in [-0.15, -0.1) is 0 Å². The molecule has 6 nitrogen and oxygen atoms in total. The van der Waals surface area contributed by atoms with Gasteiger partial charge in [-0.05, 0) is 19.1 Å². The number of hydrogen-bond donors (Lipinski definition) is 1. The number of anilines is 1. The van der Waals surface area contributed by atoms with Crippen LogP contribution in [0.15, 0.2) is 27.3 Å². The Labute approximate surface area is 84.3 Å². The van der Waals surface area contributed by atoms with Gasteiger partial charge in [-0.2, -0.15) is 4.98 Å². The smallest absolute Gasteiger partial charge is 0.334 e. The van der Waals surface area contributed by atoms with Crippen LogP contribution < -0.4 is 5.73 Å². The number of fused-ring (bicyclic) bond motifs is 1. The summed E-state index contributed by atoms with van der Waals surface area (Å²) in [5.74, 6) is 2.00. The van der Waals surface area contributed by atoms with Gasteiger partial charge in [0.25, 0.3) is 0 Å². The van der Waals surface area contributed by atoms with Gasteiger partial charge >= 0.3 is 5.84 Å². The summed E-state index contributed by atoms with van der Waals surface area (Å²) >= 11 is 0. The summed E-state index contributed by atoms with van der Waals surface area (Å²) in [6.45, 7) is 1.81. The van der Waals surface area contributed by atoms with Crippen LogP contribution in [0.1, 0.15) is 5.69 Å². The maximum absolute atomic E-state index is 5.85. The lowest BCUT2D eigenvalue weighted by Crippen LogP contribution is -1.95. The molecule has 3 heterocycles. The minimum absolute atomic E-state index is 0.372. The number of imidazole rings is 1. The first kappa shape index (κ1) is 8.10. The zero-order valence-corrected chi connectivity index (χ0v) is 7.97. The van der Waals surface area contributed by atoms with Crippen molar-refractivity contribution >= 4 is 11.7 Å². The number of nitrogens with two attached hydrogens (primary N) is 1. The van der Waals surface area contributed by atoms with Crippen molar-refractivity contribution in [2.24, 2.45) is 0 Å². The van der Waals surface area contributed by atoms with Gasteiger partial charge in [0.1, 0.15) is 5.82 Å². The van der Waals surface area contributed by atoms with Crippen LogP contribution in [-0.4, -0.2) is 14.5 Å². The van der Waals surface area contributed by atoms with Gasteiger partial charge in [0.05, 0.1) is 12.0 Å². The molecule has 6 heteroatoms. The van der Waals surface area contributed by atoms with Crippen LogP contribution in [0.4, 0.5) is 5.82 Å². The first-order valence-electron chi connectivity index (χ1n) is 4.41. The van der Waals surface area contributed by atoms with E-state index in [0.29, 0.717) is 28.9 Å². The van der Waals surface area contributed by atoms with Crippen molar-refractivity contribution in [3.05, 3.63) is 24.1 Å². The Morgan fingerprint density at radius 1 is 1.47 bits per heavy atom. The summed E-state index contributed by atoms with van der Waals surface area (Å²) in [5, 5.41) is 3.85. The van der Waals surface area contributed by atoms with E-state index in [9.17, 15) is 0 Å². The largest absolute Gasteiger partial charge is 0.461 e. The fourth-order valence-corrected chi connectivity index (χ4v) is 1.47. The molecule has 0 spiro atoms.